The predicted octanol–water partition coefficient (Wildman–Crippen LogP) is 3.57. The lowest BCUT2D eigenvalue weighted by atomic mass is 10.2. The topological polar surface area (TPSA) is 12.9 Å². The highest BCUT2D eigenvalue weighted by Crippen LogP contribution is 2.23. The van der Waals surface area contributed by atoms with E-state index in [0.29, 0.717) is 10.9 Å². The molecule has 12 heavy (non-hydrogen) atoms. The molecular weight excluding hydrogens is 251 g/mol. The number of pyridine rings is 1. The van der Waals surface area contributed by atoms with Gasteiger partial charge in [-0.3, -0.25) is 0 Å². The Morgan fingerprint density at radius 3 is 2.75 bits per heavy atom. The zero-order valence-electron chi connectivity index (χ0n) is 5.90. The summed E-state index contributed by atoms with van der Waals surface area (Å²) in [5.41, 5.74) is 0.475. The Kier molecular flexibility index (Phi) is 3.40. The number of hydrogen-bond donors (Lipinski definition) is 0. The molecule has 0 radical (unpaired) electrons. The van der Waals surface area contributed by atoms with Crippen LogP contribution in [0.3, 0.4) is 0 Å². The second-order valence-corrected chi connectivity index (χ2v) is 3.07. The second-order valence-electron chi connectivity index (χ2n) is 2.15. The first-order valence-corrected chi connectivity index (χ1v) is 4.63. The van der Waals surface area contributed by atoms with Gasteiger partial charge in [0.25, 0.3) is 6.43 Å². The Morgan fingerprint density at radius 1 is 1.58 bits per heavy atom. The minimum Gasteiger partial charge on any atom is -0.244 e. The second kappa shape index (κ2) is 4.14. The molecule has 0 fully saturated rings. The molecule has 0 aliphatic rings. The predicted molar refractivity (Wildman–Crippen MR) is 46.8 cm³/mol. The van der Waals surface area contributed by atoms with Gasteiger partial charge >= 0.3 is 0 Å². The quantitative estimate of drug-likeness (QED) is 0.582. The van der Waals surface area contributed by atoms with Gasteiger partial charge in [-0.15, -0.1) is 0 Å². The first-order valence-electron chi connectivity index (χ1n) is 3.13. The largest absolute Gasteiger partial charge is 0.265 e. The van der Waals surface area contributed by atoms with Crippen molar-refractivity contribution in [2.75, 3.05) is 0 Å². The number of alkyl halides is 3. The molecule has 1 nitrogen and oxygen atoms in total. The molecule has 0 spiro atoms. The van der Waals surface area contributed by atoms with Crippen LogP contribution in [0.2, 0.25) is 5.15 Å². The van der Waals surface area contributed by atoms with E-state index in [2.05, 4.69) is 20.9 Å². The minimum atomic E-state index is -2.49. The fraction of sp³-hybridized carbons (Fsp3) is 0.286. The van der Waals surface area contributed by atoms with Gasteiger partial charge in [-0.2, -0.15) is 0 Å². The summed E-state index contributed by atoms with van der Waals surface area (Å²) in [6, 6.07) is 1.34. The summed E-state index contributed by atoms with van der Waals surface area (Å²) in [7, 11) is 0. The first kappa shape index (κ1) is 9.86. The van der Waals surface area contributed by atoms with Crippen LogP contribution in [0, 0.1) is 0 Å². The maximum atomic E-state index is 12.1. The maximum Gasteiger partial charge on any atom is 0.265 e. The average molecular weight is 256 g/mol. The molecule has 0 unspecified atom stereocenters. The Balaban J connectivity index is 3.05. The summed E-state index contributed by atoms with van der Waals surface area (Å²) < 4.78 is 24.2. The number of hydrogen-bond acceptors (Lipinski definition) is 1. The van der Waals surface area contributed by atoms with Crippen LogP contribution in [0.4, 0.5) is 8.78 Å². The van der Waals surface area contributed by atoms with Crippen LogP contribution in [-0.4, -0.2) is 4.98 Å². The van der Waals surface area contributed by atoms with Crippen LogP contribution < -0.4 is 0 Å². The number of nitrogens with zero attached hydrogens (tertiary/aromatic N) is 1. The fourth-order valence-electron chi connectivity index (χ4n) is 0.725. The van der Waals surface area contributed by atoms with Gasteiger partial charge in [0.2, 0.25) is 0 Å². The highest BCUT2D eigenvalue weighted by molar-refractivity contribution is 9.08. The van der Waals surface area contributed by atoms with Gasteiger partial charge in [-0.1, -0.05) is 27.5 Å². The van der Waals surface area contributed by atoms with Crippen molar-refractivity contribution >= 4 is 27.5 Å². The van der Waals surface area contributed by atoms with Crippen molar-refractivity contribution < 1.29 is 8.78 Å². The molecule has 1 heterocycles. The third-order valence-corrected chi connectivity index (χ3v) is 2.27. The summed E-state index contributed by atoms with van der Waals surface area (Å²) in [5.74, 6) is 0. The lowest BCUT2D eigenvalue weighted by molar-refractivity contribution is 0.151. The molecule has 0 aliphatic heterocycles. The van der Waals surface area contributed by atoms with E-state index in [9.17, 15) is 8.78 Å². The van der Waals surface area contributed by atoms with Crippen molar-refractivity contribution in [1.29, 1.82) is 0 Å². The highest BCUT2D eigenvalue weighted by atomic mass is 79.9. The van der Waals surface area contributed by atoms with Gasteiger partial charge in [0.1, 0.15) is 5.15 Å². The molecule has 1 aromatic heterocycles. The van der Waals surface area contributed by atoms with E-state index in [1.807, 2.05) is 0 Å². The molecule has 0 aliphatic carbocycles. The molecule has 0 saturated heterocycles. The molecule has 0 atom stereocenters. The van der Waals surface area contributed by atoms with Gasteiger partial charge < -0.3 is 0 Å². The Hall–Kier alpha value is -0.220. The van der Waals surface area contributed by atoms with E-state index in [-0.39, 0.29) is 10.7 Å². The third kappa shape index (κ3) is 2.14. The summed E-state index contributed by atoms with van der Waals surface area (Å²) in [4.78, 5) is 3.63. The van der Waals surface area contributed by atoms with Crippen molar-refractivity contribution in [3.8, 4) is 0 Å². The van der Waals surface area contributed by atoms with Gasteiger partial charge in [0.15, 0.2) is 0 Å². The van der Waals surface area contributed by atoms with Crippen LogP contribution in [-0.2, 0) is 5.33 Å². The lowest BCUT2D eigenvalue weighted by Gasteiger charge is -2.02. The zero-order chi connectivity index (χ0) is 9.14. The zero-order valence-corrected chi connectivity index (χ0v) is 8.24. The molecule has 0 amide bonds. The first-order chi connectivity index (χ1) is 5.65. The van der Waals surface area contributed by atoms with Crippen LogP contribution >= 0.6 is 27.5 Å². The highest BCUT2D eigenvalue weighted by Gasteiger charge is 2.09. The van der Waals surface area contributed by atoms with E-state index in [1.165, 1.54) is 6.07 Å². The van der Waals surface area contributed by atoms with Crippen molar-refractivity contribution in [3.05, 3.63) is 28.5 Å². The molecular formula is C7H5BrClF2N. The van der Waals surface area contributed by atoms with E-state index in [0.717, 1.165) is 6.20 Å². The monoisotopic (exact) mass is 255 g/mol. The smallest absolute Gasteiger partial charge is 0.244 e. The normalized spacial score (nSPS) is 10.8. The van der Waals surface area contributed by atoms with E-state index >= 15 is 0 Å². The lowest BCUT2D eigenvalue weighted by Crippen LogP contribution is -1.90. The van der Waals surface area contributed by atoms with Gasteiger partial charge in [-0.05, 0) is 6.07 Å². The number of rotatable bonds is 2. The van der Waals surface area contributed by atoms with Crippen LogP contribution in [0.15, 0.2) is 12.3 Å². The Bertz CT molecular complexity index is 280. The SMILES string of the molecule is FC(F)c1cnc(Cl)c(CBr)c1. The fourth-order valence-corrected chi connectivity index (χ4v) is 1.48. The van der Waals surface area contributed by atoms with Gasteiger partial charge in [-0.25, -0.2) is 13.8 Å². The Labute approximate surface area is 81.9 Å². The molecule has 0 aromatic carbocycles. The summed E-state index contributed by atoms with van der Waals surface area (Å²) in [6.07, 6.45) is -1.41. The van der Waals surface area contributed by atoms with Gasteiger partial charge in [0.05, 0.1) is 0 Å². The van der Waals surface area contributed by atoms with E-state index in [1.54, 1.807) is 0 Å². The molecule has 0 N–H and O–H groups in total. The van der Waals surface area contributed by atoms with Crippen LogP contribution in [0.25, 0.3) is 0 Å². The van der Waals surface area contributed by atoms with Crippen molar-refractivity contribution in [3.63, 3.8) is 0 Å². The van der Waals surface area contributed by atoms with Crippen molar-refractivity contribution in [2.24, 2.45) is 0 Å². The molecule has 1 rings (SSSR count). The molecule has 66 valence electrons. The number of halogens is 4. The van der Waals surface area contributed by atoms with Gasteiger partial charge in [0, 0.05) is 22.7 Å². The standard InChI is InChI=1S/C7H5BrClF2N/c8-2-4-1-5(7(10)11)3-12-6(4)9/h1,3,7H,2H2. The van der Waals surface area contributed by atoms with Crippen molar-refractivity contribution in [2.45, 2.75) is 11.8 Å². The summed E-state index contributed by atoms with van der Waals surface area (Å²) in [6.45, 7) is 0. The van der Waals surface area contributed by atoms with Crippen LogP contribution in [0.5, 0.6) is 0 Å². The Morgan fingerprint density at radius 2 is 2.25 bits per heavy atom. The van der Waals surface area contributed by atoms with E-state index in [4.69, 9.17) is 11.6 Å². The maximum absolute atomic E-state index is 12.1. The molecule has 5 heteroatoms. The molecule has 0 bridgehead atoms. The minimum absolute atomic E-state index is 0.103. The van der Waals surface area contributed by atoms with Crippen LogP contribution in [0.1, 0.15) is 17.6 Å². The molecule has 0 saturated carbocycles. The molecule has 1 aromatic rings. The van der Waals surface area contributed by atoms with E-state index < -0.39 is 6.43 Å². The number of aromatic nitrogens is 1. The van der Waals surface area contributed by atoms with Crippen molar-refractivity contribution in [1.82, 2.24) is 4.98 Å². The summed E-state index contributed by atoms with van der Waals surface area (Å²) >= 11 is 8.74. The average Bonchev–Trinajstić information content (AvgIpc) is 2.05. The third-order valence-electron chi connectivity index (χ3n) is 1.33. The summed E-state index contributed by atoms with van der Waals surface area (Å²) in [5, 5.41) is 0.690.